The molecule has 31 heavy (non-hydrogen) atoms. The Labute approximate surface area is 184 Å². The third kappa shape index (κ3) is 4.27. The fourth-order valence-corrected chi connectivity index (χ4v) is 6.06. The number of hydrogen-bond acceptors (Lipinski definition) is 5. The van der Waals surface area contributed by atoms with Gasteiger partial charge in [-0.2, -0.15) is 8.42 Å². The highest BCUT2D eigenvalue weighted by Gasteiger charge is 2.53. The van der Waals surface area contributed by atoms with Gasteiger partial charge >= 0.3 is 0 Å². The van der Waals surface area contributed by atoms with Crippen molar-refractivity contribution in [3.63, 3.8) is 0 Å². The Hall–Kier alpha value is -2.22. The van der Waals surface area contributed by atoms with E-state index < -0.39 is 22.0 Å². The van der Waals surface area contributed by atoms with Crippen molar-refractivity contribution in [1.29, 1.82) is 0 Å². The van der Waals surface area contributed by atoms with Crippen LogP contribution in [0.4, 0.5) is 5.69 Å². The van der Waals surface area contributed by atoms with E-state index in [-0.39, 0.29) is 33.8 Å². The second-order valence-electron chi connectivity index (χ2n) is 10.1. The number of nitrogens with one attached hydrogen (secondary N) is 1. The number of nitrogens with zero attached hydrogens (tertiary/aromatic N) is 2. The van der Waals surface area contributed by atoms with E-state index in [4.69, 9.17) is 0 Å². The number of sulfonamides is 1. The summed E-state index contributed by atoms with van der Waals surface area (Å²) >= 11 is 0. The van der Waals surface area contributed by atoms with Crippen LogP contribution in [0.1, 0.15) is 59.3 Å². The maximum atomic E-state index is 13.6. The summed E-state index contributed by atoms with van der Waals surface area (Å²) in [6.07, 6.45) is 5.87. The highest BCUT2D eigenvalue weighted by atomic mass is 32.2. The minimum Gasteiger partial charge on any atom is -0.341 e. The van der Waals surface area contributed by atoms with Crippen LogP contribution in [0.25, 0.3) is 0 Å². The topological polar surface area (TPSA) is 95.9 Å². The van der Waals surface area contributed by atoms with E-state index in [1.165, 1.54) is 6.07 Å². The molecule has 1 saturated heterocycles. The Morgan fingerprint density at radius 2 is 1.77 bits per heavy atom. The largest absolute Gasteiger partial charge is 0.341 e. The zero-order chi connectivity index (χ0) is 22.4. The fraction of sp³-hybridized carbons (Fsp3) is 0.609. The van der Waals surface area contributed by atoms with Crippen LogP contribution in [0, 0.1) is 17.3 Å². The maximum absolute atomic E-state index is 13.6. The van der Waals surface area contributed by atoms with E-state index in [1.807, 2.05) is 0 Å². The van der Waals surface area contributed by atoms with Gasteiger partial charge in [-0.1, -0.05) is 52.2 Å². The summed E-state index contributed by atoms with van der Waals surface area (Å²) < 4.78 is 29.3. The predicted octanol–water partition coefficient (Wildman–Crippen LogP) is 3.61. The molecule has 7 nitrogen and oxygen atoms in total. The number of amides is 1. The van der Waals surface area contributed by atoms with Gasteiger partial charge in [0.2, 0.25) is 5.91 Å². The molecule has 0 radical (unpaired) electrons. The number of hydrogen-bond donors (Lipinski definition) is 1. The molecule has 1 aromatic carbocycles. The van der Waals surface area contributed by atoms with Crippen molar-refractivity contribution in [2.24, 2.45) is 21.6 Å². The van der Waals surface area contributed by atoms with Crippen molar-refractivity contribution in [1.82, 2.24) is 4.90 Å². The number of ketones is 1. The molecule has 1 N–H and O–H groups in total. The number of amidine groups is 1. The molecule has 1 saturated carbocycles. The summed E-state index contributed by atoms with van der Waals surface area (Å²) in [5, 5.41) is 2.97. The summed E-state index contributed by atoms with van der Waals surface area (Å²) in [7, 11) is -3.97. The number of carbonyl (C=O) groups excluding carboxylic acids is 2. The summed E-state index contributed by atoms with van der Waals surface area (Å²) in [5.41, 5.74) is 0.372. The molecule has 2 aliphatic heterocycles. The summed E-state index contributed by atoms with van der Waals surface area (Å²) in [4.78, 5) is 28.9. The van der Waals surface area contributed by atoms with E-state index in [0.29, 0.717) is 12.2 Å². The molecule has 1 aliphatic carbocycles. The van der Waals surface area contributed by atoms with Crippen LogP contribution in [0.5, 0.6) is 0 Å². The van der Waals surface area contributed by atoms with Crippen LogP contribution in [-0.2, 0) is 19.6 Å². The number of benzene rings is 1. The molecule has 4 rings (SSSR count). The minimum absolute atomic E-state index is 0.0153. The van der Waals surface area contributed by atoms with Crippen LogP contribution in [0.3, 0.4) is 0 Å². The first-order valence-electron chi connectivity index (χ1n) is 11.1. The first kappa shape index (κ1) is 22.0. The van der Waals surface area contributed by atoms with Crippen LogP contribution in [0.2, 0.25) is 0 Å². The second kappa shape index (κ2) is 8.04. The van der Waals surface area contributed by atoms with Crippen molar-refractivity contribution in [2.45, 2.75) is 70.2 Å². The number of fused-ring (bicyclic) bond motifs is 1. The Balaban J connectivity index is 1.69. The van der Waals surface area contributed by atoms with E-state index in [9.17, 15) is 18.0 Å². The molecule has 3 aliphatic rings. The molecular weight excluding hydrogens is 414 g/mol. The lowest BCUT2D eigenvalue weighted by Gasteiger charge is -2.34. The van der Waals surface area contributed by atoms with Gasteiger partial charge in [-0.05, 0) is 42.7 Å². The average Bonchev–Trinajstić information content (AvgIpc) is 2.95. The molecular formula is C23H31N3O4S. The Bertz CT molecular complexity index is 1020. The number of rotatable bonds is 4. The molecule has 1 amide bonds. The van der Waals surface area contributed by atoms with Crippen LogP contribution >= 0.6 is 0 Å². The molecule has 2 atom stereocenters. The highest BCUT2D eigenvalue weighted by Crippen LogP contribution is 2.38. The number of likely N-dealkylation sites (tertiary alicyclic amines) is 1. The van der Waals surface area contributed by atoms with Crippen molar-refractivity contribution in [3.05, 3.63) is 24.3 Å². The van der Waals surface area contributed by atoms with Crippen molar-refractivity contribution in [3.8, 4) is 0 Å². The molecule has 0 spiro atoms. The first-order valence-corrected chi connectivity index (χ1v) is 12.6. The van der Waals surface area contributed by atoms with Crippen molar-refractivity contribution >= 4 is 33.2 Å². The number of Topliss-reactive ketones (excluding diaryl/α,β-unsaturated/α-hetero) is 1. The summed E-state index contributed by atoms with van der Waals surface area (Å²) in [6.45, 7) is 6.82. The van der Waals surface area contributed by atoms with Crippen molar-refractivity contribution in [2.75, 3.05) is 11.9 Å². The second-order valence-corrected chi connectivity index (χ2v) is 11.7. The maximum Gasteiger partial charge on any atom is 0.286 e. The SMILES string of the molecule is CC(C)(C)CCN1C(=O)C(C2=NS(=O)(=O)c3ccccc3N2)C(=O)[C@@H]1C1CCCCC1. The Morgan fingerprint density at radius 1 is 1.10 bits per heavy atom. The lowest BCUT2D eigenvalue weighted by molar-refractivity contribution is -0.131. The lowest BCUT2D eigenvalue weighted by atomic mass is 9.81. The third-order valence-electron chi connectivity index (χ3n) is 6.56. The molecule has 1 aromatic rings. The van der Waals surface area contributed by atoms with Gasteiger partial charge in [0.25, 0.3) is 10.0 Å². The summed E-state index contributed by atoms with van der Waals surface area (Å²) in [5.74, 6) is -1.66. The number of para-hydroxylation sites is 1. The Morgan fingerprint density at radius 3 is 2.45 bits per heavy atom. The van der Waals surface area contributed by atoms with Gasteiger partial charge in [0.05, 0.1) is 11.7 Å². The van der Waals surface area contributed by atoms with Crippen LogP contribution in [0.15, 0.2) is 33.6 Å². The number of carbonyl (C=O) groups is 2. The molecule has 168 valence electrons. The van der Waals surface area contributed by atoms with Gasteiger partial charge in [-0.15, -0.1) is 4.40 Å². The molecule has 0 bridgehead atoms. The molecule has 0 aromatic heterocycles. The zero-order valence-corrected chi connectivity index (χ0v) is 19.2. The molecule has 2 fully saturated rings. The van der Waals surface area contributed by atoms with Gasteiger partial charge in [0.1, 0.15) is 10.7 Å². The van der Waals surface area contributed by atoms with E-state index in [2.05, 4.69) is 30.5 Å². The normalized spacial score (nSPS) is 26.4. The van der Waals surface area contributed by atoms with Gasteiger partial charge in [-0.3, -0.25) is 9.59 Å². The highest BCUT2D eigenvalue weighted by molar-refractivity contribution is 7.90. The quantitative estimate of drug-likeness (QED) is 0.714. The summed E-state index contributed by atoms with van der Waals surface area (Å²) in [6, 6.07) is 5.93. The first-order chi connectivity index (χ1) is 14.6. The monoisotopic (exact) mass is 445 g/mol. The average molecular weight is 446 g/mol. The number of anilines is 1. The van der Waals surface area contributed by atoms with E-state index in [1.54, 1.807) is 23.1 Å². The fourth-order valence-electron chi connectivity index (χ4n) is 4.90. The van der Waals surface area contributed by atoms with E-state index >= 15 is 0 Å². The molecule has 1 unspecified atom stereocenters. The van der Waals surface area contributed by atoms with Gasteiger partial charge in [-0.25, -0.2) is 0 Å². The van der Waals surface area contributed by atoms with Gasteiger partial charge in [0, 0.05) is 6.54 Å². The molecule has 2 heterocycles. The standard InChI is InChI=1S/C23H31N3O4S/c1-23(2,3)13-14-26-19(15-9-5-4-6-10-15)20(27)18(22(26)28)21-24-16-11-7-8-12-17(16)31(29,30)25-21/h7-8,11-12,15,18-19H,4-6,9-10,13-14H2,1-3H3,(H,24,25)/t18?,19-/m0/s1. The van der Waals surface area contributed by atoms with Gasteiger partial charge < -0.3 is 10.2 Å². The van der Waals surface area contributed by atoms with Crippen molar-refractivity contribution < 1.29 is 18.0 Å². The van der Waals surface area contributed by atoms with Crippen LogP contribution < -0.4 is 5.32 Å². The minimum atomic E-state index is -3.97. The van der Waals surface area contributed by atoms with E-state index in [0.717, 1.165) is 38.5 Å². The third-order valence-corrected chi connectivity index (χ3v) is 7.91. The van der Waals surface area contributed by atoms with Gasteiger partial charge in [0.15, 0.2) is 11.7 Å². The smallest absolute Gasteiger partial charge is 0.286 e. The lowest BCUT2D eigenvalue weighted by Crippen LogP contribution is -2.43. The molecule has 8 heteroatoms. The van der Waals surface area contributed by atoms with Crippen LogP contribution in [-0.4, -0.2) is 43.4 Å². The Kier molecular flexibility index (Phi) is 5.70. The zero-order valence-electron chi connectivity index (χ0n) is 18.4. The predicted molar refractivity (Wildman–Crippen MR) is 119 cm³/mol.